The van der Waals surface area contributed by atoms with Crippen LogP contribution in [0.4, 0.5) is 0 Å². The van der Waals surface area contributed by atoms with Gasteiger partial charge in [0.25, 0.3) is 0 Å². The monoisotopic (exact) mass is 466 g/mol. The van der Waals surface area contributed by atoms with Crippen molar-refractivity contribution in [2.75, 3.05) is 0 Å². The van der Waals surface area contributed by atoms with Crippen LogP contribution in [0.2, 0.25) is 18.1 Å². The molecule has 5 heteroatoms. The number of allylic oxidation sites excluding steroid dienone is 2. The highest BCUT2D eigenvalue weighted by Gasteiger charge is 2.40. The number of aliphatic hydroxyl groups excluding tert-OH is 1. The van der Waals surface area contributed by atoms with E-state index in [4.69, 9.17) is 9.53 Å². The lowest BCUT2D eigenvalue weighted by molar-refractivity contribution is -0.137. The molecule has 0 amide bonds. The minimum absolute atomic E-state index is 0.185. The van der Waals surface area contributed by atoms with Gasteiger partial charge in [0.05, 0.1) is 6.10 Å². The Bertz CT molecular complexity index is 618. The lowest BCUT2D eigenvalue weighted by Crippen LogP contribution is -2.45. The number of carbonyl (C=O) groups is 1. The van der Waals surface area contributed by atoms with Crippen LogP contribution in [-0.2, 0) is 9.22 Å². The van der Waals surface area contributed by atoms with Gasteiger partial charge < -0.3 is 14.6 Å². The van der Waals surface area contributed by atoms with Crippen LogP contribution in [0.3, 0.4) is 0 Å². The second kappa shape index (κ2) is 13.7. The fourth-order valence-corrected chi connectivity index (χ4v) is 5.66. The van der Waals surface area contributed by atoms with Gasteiger partial charge in [-0.25, -0.2) is 0 Å². The predicted molar refractivity (Wildman–Crippen MR) is 137 cm³/mol. The number of hydrogen-bond acceptors (Lipinski definition) is 3. The van der Waals surface area contributed by atoms with Crippen LogP contribution >= 0.6 is 0 Å². The molecular weight excluding hydrogens is 416 g/mol. The van der Waals surface area contributed by atoms with Crippen LogP contribution in [0.15, 0.2) is 23.8 Å². The van der Waals surface area contributed by atoms with Gasteiger partial charge in [-0.15, -0.1) is 0 Å². The van der Waals surface area contributed by atoms with Gasteiger partial charge in [-0.1, -0.05) is 71.3 Å². The number of unbranched alkanes of at least 4 members (excludes halogenated alkanes) is 2. The van der Waals surface area contributed by atoms with Crippen molar-refractivity contribution in [3.63, 3.8) is 0 Å². The number of aliphatic hydroxyl groups is 1. The normalized spacial score (nSPS) is 21.7. The fourth-order valence-electron chi connectivity index (χ4n) is 4.20. The van der Waals surface area contributed by atoms with Gasteiger partial charge in [0.15, 0.2) is 8.32 Å². The highest BCUT2D eigenvalue weighted by molar-refractivity contribution is 6.74. The number of aliphatic carboxylic acids is 1. The molecule has 0 aromatic rings. The number of rotatable bonds is 15. The van der Waals surface area contributed by atoms with Crippen molar-refractivity contribution in [1.82, 2.24) is 0 Å². The van der Waals surface area contributed by atoms with Crippen molar-refractivity contribution in [1.29, 1.82) is 0 Å². The van der Waals surface area contributed by atoms with Crippen LogP contribution < -0.4 is 0 Å². The SMILES string of the molecule is CCCCC(C)C(CCC1=CC[C@H](O)[C@@H]1C/C=C\CCCC(=O)O)O[Si](C)(C)C(C)(C)C. The predicted octanol–water partition coefficient (Wildman–Crippen LogP) is 7.49. The summed E-state index contributed by atoms with van der Waals surface area (Å²) in [6.45, 7) is 16.2. The van der Waals surface area contributed by atoms with Crippen molar-refractivity contribution in [2.24, 2.45) is 11.8 Å². The summed E-state index contributed by atoms with van der Waals surface area (Å²) in [4.78, 5) is 10.6. The summed E-state index contributed by atoms with van der Waals surface area (Å²) in [5.41, 5.74) is 1.37. The third kappa shape index (κ3) is 9.92. The van der Waals surface area contributed by atoms with E-state index < -0.39 is 14.3 Å². The van der Waals surface area contributed by atoms with Gasteiger partial charge in [0.2, 0.25) is 0 Å². The molecule has 0 spiro atoms. The molecule has 2 unspecified atom stereocenters. The summed E-state index contributed by atoms with van der Waals surface area (Å²) in [5.74, 6) is -0.00810. The second-order valence-corrected chi connectivity index (χ2v) is 16.0. The van der Waals surface area contributed by atoms with E-state index in [1.165, 1.54) is 24.8 Å². The van der Waals surface area contributed by atoms with Gasteiger partial charge in [-0.2, -0.15) is 0 Å². The Morgan fingerprint density at radius 1 is 1.25 bits per heavy atom. The lowest BCUT2D eigenvalue weighted by Gasteiger charge is -2.41. The molecule has 0 saturated carbocycles. The number of carboxylic acids is 1. The molecule has 2 N–H and O–H groups in total. The highest BCUT2D eigenvalue weighted by atomic mass is 28.4. The minimum Gasteiger partial charge on any atom is -0.481 e. The van der Waals surface area contributed by atoms with E-state index in [2.05, 4.69) is 65.9 Å². The minimum atomic E-state index is -1.84. The molecule has 4 nitrogen and oxygen atoms in total. The van der Waals surface area contributed by atoms with E-state index in [-0.39, 0.29) is 29.6 Å². The Labute approximate surface area is 198 Å². The Balaban J connectivity index is 2.72. The second-order valence-electron chi connectivity index (χ2n) is 11.3. The molecule has 0 aromatic heterocycles. The molecule has 4 atom stereocenters. The summed E-state index contributed by atoms with van der Waals surface area (Å²) in [5, 5.41) is 19.5. The fraction of sp³-hybridized carbons (Fsp3) is 0.815. The Morgan fingerprint density at radius 3 is 2.53 bits per heavy atom. The van der Waals surface area contributed by atoms with Crippen LogP contribution in [0.5, 0.6) is 0 Å². The van der Waals surface area contributed by atoms with Crippen molar-refractivity contribution in [2.45, 2.75) is 129 Å². The summed E-state index contributed by atoms with van der Waals surface area (Å²) < 4.78 is 6.92. The molecule has 32 heavy (non-hydrogen) atoms. The zero-order valence-electron chi connectivity index (χ0n) is 21.8. The number of carboxylic acid groups (broad SMARTS) is 1. The van der Waals surface area contributed by atoms with Crippen molar-refractivity contribution in [3.8, 4) is 0 Å². The molecule has 186 valence electrons. The molecule has 0 aromatic carbocycles. The topological polar surface area (TPSA) is 66.8 Å². The molecule has 0 radical (unpaired) electrons. The van der Waals surface area contributed by atoms with Gasteiger partial charge in [-0.05, 0) is 69.0 Å². The highest BCUT2D eigenvalue weighted by Crippen LogP contribution is 2.40. The maximum Gasteiger partial charge on any atom is 0.303 e. The lowest BCUT2D eigenvalue weighted by atomic mass is 9.88. The third-order valence-electron chi connectivity index (χ3n) is 7.50. The standard InChI is InChI=1S/C27H50O4Si/c1-8-9-14-21(2)25(31-32(6,7)27(3,4)5)20-18-22-17-19-24(28)23(22)15-12-10-11-13-16-26(29)30/h10,12,17,21,23-25,28H,8-9,11,13-16,18-20H2,1-7H3,(H,29,30)/b12-10-/t21?,23-,24+,25?/m1/s1. The average molecular weight is 467 g/mol. The van der Waals surface area contributed by atoms with E-state index in [1.807, 2.05) is 0 Å². The summed E-state index contributed by atoms with van der Waals surface area (Å²) in [6, 6.07) is 0. The van der Waals surface area contributed by atoms with Crippen molar-refractivity contribution in [3.05, 3.63) is 23.8 Å². The first kappa shape index (κ1) is 29.1. The first-order valence-electron chi connectivity index (χ1n) is 12.8. The van der Waals surface area contributed by atoms with Crippen molar-refractivity contribution < 1.29 is 19.4 Å². The van der Waals surface area contributed by atoms with Gasteiger partial charge in [-0.3, -0.25) is 4.79 Å². The van der Waals surface area contributed by atoms with Crippen LogP contribution in [0.1, 0.15) is 98.8 Å². The van der Waals surface area contributed by atoms with E-state index in [1.54, 1.807) is 0 Å². The molecule has 0 fully saturated rings. The molecule has 0 saturated heterocycles. The van der Waals surface area contributed by atoms with Gasteiger partial charge in [0, 0.05) is 18.4 Å². The number of hydrogen-bond donors (Lipinski definition) is 2. The molecule has 1 aliphatic rings. The third-order valence-corrected chi connectivity index (χ3v) is 12.0. The quantitative estimate of drug-likeness (QED) is 0.149. The molecule has 0 bridgehead atoms. The van der Waals surface area contributed by atoms with Crippen molar-refractivity contribution >= 4 is 14.3 Å². The van der Waals surface area contributed by atoms with Gasteiger partial charge in [0.1, 0.15) is 0 Å². The smallest absolute Gasteiger partial charge is 0.303 e. The van der Waals surface area contributed by atoms with E-state index in [9.17, 15) is 9.90 Å². The summed E-state index contributed by atoms with van der Waals surface area (Å²) >= 11 is 0. The Kier molecular flexibility index (Phi) is 12.5. The zero-order chi connectivity index (χ0) is 24.4. The first-order chi connectivity index (χ1) is 14.9. The summed E-state index contributed by atoms with van der Waals surface area (Å²) in [7, 11) is -1.84. The molecule has 1 rings (SSSR count). The van der Waals surface area contributed by atoms with Crippen LogP contribution in [0, 0.1) is 11.8 Å². The largest absolute Gasteiger partial charge is 0.481 e. The van der Waals surface area contributed by atoms with E-state index >= 15 is 0 Å². The van der Waals surface area contributed by atoms with Gasteiger partial charge >= 0.3 is 5.97 Å². The van der Waals surface area contributed by atoms with Crippen LogP contribution in [-0.4, -0.2) is 36.7 Å². The molecular formula is C27H50O4Si. The molecule has 1 aliphatic carbocycles. The first-order valence-corrected chi connectivity index (χ1v) is 15.7. The zero-order valence-corrected chi connectivity index (χ0v) is 22.8. The molecule has 0 aliphatic heterocycles. The molecule has 0 heterocycles. The maximum absolute atomic E-state index is 10.6. The Morgan fingerprint density at radius 2 is 1.94 bits per heavy atom. The maximum atomic E-state index is 10.6. The van der Waals surface area contributed by atoms with E-state index in [0.717, 1.165) is 32.1 Å². The van der Waals surface area contributed by atoms with E-state index in [0.29, 0.717) is 12.3 Å². The Hall–Kier alpha value is -0.913. The summed E-state index contributed by atoms with van der Waals surface area (Å²) in [6.07, 6.45) is 15.3. The average Bonchev–Trinajstić information content (AvgIpc) is 3.04. The van der Waals surface area contributed by atoms with Crippen LogP contribution in [0.25, 0.3) is 0 Å².